The van der Waals surface area contributed by atoms with Crippen molar-refractivity contribution in [3.05, 3.63) is 29.3 Å². The van der Waals surface area contributed by atoms with Crippen LogP contribution < -0.4 is 5.73 Å². The average Bonchev–Trinajstić information content (AvgIpc) is 2.06. The molecule has 0 radical (unpaired) electrons. The monoisotopic (exact) mass is 190 g/mol. The van der Waals surface area contributed by atoms with E-state index in [9.17, 15) is 4.79 Å². The third-order valence-corrected chi connectivity index (χ3v) is 2.67. The van der Waals surface area contributed by atoms with Crippen molar-refractivity contribution < 1.29 is 4.79 Å². The zero-order valence-corrected chi connectivity index (χ0v) is 8.29. The van der Waals surface area contributed by atoms with Crippen molar-refractivity contribution in [2.45, 2.75) is 13.3 Å². The summed E-state index contributed by atoms with van der Waals surface area (Å²) in [7, 11) is 0. The molecule has 1 aromatic rings. The summed E-state index contributed by atoms with van der Waals surface area (Å²) in [6.45, 7) is 3.70. The zero-order valence-electron chi connectivity index (χ0n) is 8.29. The van der Waals surface area contributed by atoms with E-state index >= 15 is 0 Å². The zero-order chi connectivity index (χ0) is 10.1. The Labute approximate surface area is 83.5 Å². The quantitative estimate of drug-likeness (QED) is 0.681. The van der Waals surface area contributed by atoms with Crippen molar-refractivity contribution in [3.63, 3.8) is 0 Å². The minimum absolute atomic E-state index is 0.1000. The van der Waals surface area contributed by atoms with E-state index in [-0.39, 0.29) is 5.91 Å². The predicted molar refractivity (Wildman–Crippen MR) is 56.1 cm³/mol. The van der Waals surface area contributed by atoms with Crippen LogP contribution in [0.15, 0.2) is 18.2 Å². The fourth-order valence-corrected chi connectivity index (χ4v) is 1.48. The summed E-state index contributed by atoms with van der Waals surface area (Å²) in [5.41, 5.74) is 8.16. The first-order valence-corrected chi connectivity index (χ1v) is 4.84. The SMILES string of the molecule is Cc1ccc(C(=O)N2CCC2)cc1N. The Hall–Kier alpha value is -1.51. The van der Waals surface area contributed by atoms with Crippen molar-refractivity contribution in [3.8, 4) is 0 Å². The number of amides is 1. The molecule has 74 valence electrons. The molecule has 0 spiro atoms. The van der Waals surface area contributed by atoms with Gasteiger partial charge in [0.25, 0.3) is 5.91 Å². The number of hydrogen-bond donors (Lipinski definition) is 1. The van der Waals surface area contributed by atoms with Crippen molar-refractivity contribution in [1.82, 2.24) is 4.90 Å². The van der Waals surface area contributed by atoms with Crippen LogP contribution in [0, 0.1) is 6.92 Å². The fraction of sp³-hybridized carbons (Fsp3) is 0.364. The third-order valence-electron chi connectivity index (χ3n) is 2.67. The molecule has 1 fully saturated rings. The Balaban J connectivity index is 2.23. The second kappa shape index (κ2) is 3.33. The number of anilines is 1. The molecule has 1 heterocycles. The van der Waals surface area contributed by atoms with Gasteiger partial charge in [0.1, 0.15) is 0 Å². The van der Waals surface area contributed by atoms with Crippen LogP contribution in [0.5, 0.6) is 0 Å². The van der Waals surface area contributed by atoms with Crippen LogP contribution in [0.4, 0.5) is 5.69 Å². The number of carbonyl (C=O) groups is 1. The molecular weight excluding hydrogens is 176 g/mol. The molecule has 1 aliphatic rings. The normalized spacial score (nSPS) is 15.1. The molecule has 2 rings (SSSR count). The summed E-state index contributed by atoms with van der Waals surface area (Å²) >= 11 is 0. The van der Waals surface area contributed by atoms with Gasteiger partial charge >= 0.3 is 0 Å². The Kier molecular flexibility index (Phi) is 2.15. The minimum Gasteiger partial charge on any atom is -0.398 e. The highest BCUT2D eigenvalue weighted by Gasteiger charge is 2.21. The molecule has 0 aliphatic carbocycles. The molecule has 1 aromatic carbocycles. The van der Waals surface area contributed by atoms with Gasteiger partial charge in [0.2, 0.25) is 0 Å². The topological polar surface area (TPSA) is 46.3 Å². The molecule has 0 atom stereocenters. The van der Waals surface area contributed by atoms with E-state index in [2.05, 4.69) is 0 Å². The van der Waals surface area contributed by atoms with Crippen LogP contribution >= 0.6 is 0 Å². The molecule has 3 heteroatoms. The number of nitrogens with two attached hydrogens (primary N) is 1. The van der Waals surface area contributed by atoms with Gasteiger partial charge in [0.15, 0.2) is 0 Å². The summed E-state index contributed by atoms with van der Waals surface area (Å²) in [6.07, 6.45) is 1.12. The lowest BCUT2D eigenvalue weighted by Crippen LogP contribution is -2.42. The van der Waals surface area contributed by atoms with E-state index in [1.807, 2.05) is 24.0 Å². The maximum absolute atomic E-state index is 11.8. The maximum atomic E-state index is 11.8. The molecule has 1 saturated heterocycles. The number of benzene rings is 1. The second-order valence-electron chi connectivity index (χ2n) is 3.72. The highest BCUT2D eigenvalue weighted by Crippen LogP contribution is 2.17. The number of aryl methyl sites for hydroxylation is 1. The lowest BCUT2D eigenvalue weighted by atomic mass is 10.1. The fourth-order valence-electron chi connectivity index (χ4n) is 1.48. The molecule has 0 saturated carbocycles. The van der Waals surface area contributed by atoms with Crippen LogP contribution in [-0.2, 0) is 0 Å². The number of nitrogen functional groups attached to an aromatic ring is 1. The number of carbonyl (C=O) groups excluding carboxylic acids is 1. The highest BCUT2D eigenvalue weighted by atomic mass is 16.2. The van der Waals surface area contributed by atoms with E-state index in [0.717, 1.165) is 25.1 Å². The molecular formula is C11H14N2O. The van der Waals surface area contributed by atoms with Gasteiger partial charge in [-0.2, -0.15) is 0 Å². The summed E-state index contributed by atoms with van der Waals surface area (Å²) < 4.78 is 0. The Bertz CT molecular complexity index is 370. The summed E-state index contributed by atoms with van der Waals surface area (Å²) in [4.78, 5) is 13.6. The van der Waals surface area contributed by atoms with Gasteiger partial charge in [-0.1, -0.05) is 6.07 Å². The van der Waals surface area contributed by atoms with Gasteiger partial charge in [-0.3, -0.25) is 4.79 Å². The van der Waals surface area contributed by atoms with Crippen molar-refractivity contribution in [1.29, 1.82) is 0 Å². The molecule has 2 N–H and O–H groups in total. The molecule has 0 bridgehead atoms. The highest BCUT2D eigenvalue weighted by molar-refractivity contribution is 5.95. The van der Waals surface area contributed by atoms with Gasteiger partial charge in [-0.05, 0) is 31.0 Å². The Morgan fingerprint density at radius 2 is 2.14 bits per heavy atom. The van der Waals surface area contributed by atoms with Crippen LogP contribution in [0.1, 0.15) is 22.3 Å². The summed E-state index contributed by atoms with van der Waals surface area (Å²) in [6, 6.07) is 5.49. The minimum atomic E-state index is 0.1000. The molecule has 3 nitrogen and oxygen atoms in total. The Morgan fingerprint density at radius 1 is 1.43 bits per heavy atom. The van der Waals surface area contributed by atoms with E-state index in [4.69, 9.17) is 5.73 Å². The van der Waals surface area contributed by atoms with Crippen molar-refractivity contribution in [2.24, 2.45) is 0 Å². The average molecular weight is 190 g/mol. The lowest BCUT2D eigenvalue weighted by Gasteiger charge is -2.31. The maximum Gasteiger partial charge on any atom is 0.253 e. The molecule has 0 aromatic heterocycles. The van der Waals surface area contributed by atoms with E-state index in [1.54, 1.807) is 6.07 Å². The van der Waals surface area contributed by atoms with Gasteiger partial charge in [0.05, 0.1) is 0 Å². The standard InChI is InChI=1S/C11H14N2O/c1-8-3-4-9(7-10(8)12)11(14)13-5-2-6-13/h3-4,7H,2,5-6,12H2,1H3. The summed E-state index contributed by atoms with van der Waals surface area (Å²) in [5.74, 6) is 0.1000. The number of hydrogen-bond acceptors (Lipinski definition) is 2. The second-order valence-corrected chi connectivity index (χ2v) is 3.72. The third kappa shape index (κ3) is 1.45. The molecule has 14 heavy (non-hydrogen) atoms. The van der Waals surface area contributed by atoms with Gasteiger partial charge in [0, 0.05) is 24.3 Å². The summed E-state index contributed by atoms with van der Waals surface area (Å²) in [5, 5.41) is 0. The van der Waals surface area contributed by atoms with E-state index in [0.29, 0.717) is 11.3 Å². The Morgan fingerprint density at radius 3 is 2.64 bits per heavy atom. The van der Waals surface area contributed by atoms with Crippen LogP contribution in [0.2, 0.25) is 0 Å². The number of nitrogens with zero attached hydrogens (tertiary/aromatic N) is 1. The van der Waals surface area contributed by atoms with E-state index < -0.39 is 0 Å². The van der Waals surface area contributed by atoms with Crippen LogP contribution in [-0.4, -0.2) is 23.9 Å². The predicted octanol–water partition coefficient (Wildman–Crippen LogP) is 1.42. The lowest BCUT2D eigenvalue weighted by molar-refractivity contribution is 0.0652. The van der Waals surface area contributed by atoms with Gasteiger partial charge < -0.3 is 10.6 Å². The molecule has 0 unspecified atom stereocenters. The smallest absolute Gasteiger partial charge is 0.253 e. The first kappa shape index (κ1) is 9.06. The van der Waals surface area contributed by atoms with Crippen molar-refractivity contribution >= 4 is 11.6 Å². The van der Waals surface area contributed by atoms with E-state index in [1.165, 1.54) is 0 Å². The van der Waals surface area contributed by atoms with Crippen LogP contribution in [0.3, 0.4) is 0 Å². The molecule has 1 amide bonds. The van der Waals surface area contributed by atoms with Gasteiger partial charge in [-0.25, -0.2) is 0 Å². The van der Waals surface area contributed by atoms with Crippen LogP contribution in [0.25, 0.3) is 0 Å². The number of likely N-dealkylation sites (tertiary alicyclic amines) is 1. The first-order chi connectivity index (χ1) is 6.68. The number of rotatable bonds is 1. The largest absolute Gasteiger partial charge is 0.398 e. The first-order valence-electron chi connectivity index (χ1n) is 4.84. The molecule has 1 aliphatic heterocycles. The van der Waals surface area contributed by atoms with Crippen molar-refractivity contribution in [2.75, 3.05) is 18.8 Å². The van der Waals surface area contributed by atoms with Gasteiger partial charge in [-0.15, -0.1) is 0 Å².